The molecule has 0 saturated heterocycles. The van der Waals surface area contributed by atoms with Gasteiger partial charge in [-0.05, 0) is 36.1 Å². The number of nitrogens with two attached hydrogens (primary N) is 1. The van der Waals surface area contributed by atoms with Crippen LogP contribution in [0, 0.1) is 5.92 Å². The molecule has 1 aromatic rings. The molecule has 108 valence electrons. The summed E-state index contributed by atoms with van der Waals surface area (Å²) in [5.41, 5.74) is 4.08. The summed E-state index contributed by atoms with van der Waals surface area (Å²) in [5.74, 6) is 6.44. The van der Waals surface area contributed by atoms with E-state index in [4.69, 9.17) is 17.4 Å². The van der Waals surface area contributed by atoms with E-state index in [-0.39, 0.29) is 6.04 Å². The molecular weight excluding hydrogens is 324 g/mol. The van der Waals surface area contributed by atoms with Crippen molar-refractivity contribution in [2.24, 2.45) is 11.8 Å². The monoisotopic (exact) mass is 346 g/mol. The van der Waals surface area contributed by atoms with Crippen molar-refractivity contribution in [2.45, 2.75) is 52.0 Å². The maximum Gasteiger partial charge on any atom is 0.0463 e. The minimum Gasteiger partial charge on any atom is -0.271 e. The van der Waals surface area contributed by atoms with Crippen LogP contribution in [-0.4, -0.2) is 0 Å². The quantitative estimate of drug-likeness (QED) is 0.500. The van der Waals surface area contributed by atoms with Crippen molar-refractivity contribution in [1.82, 2.24) is 5.43 Å². The van der Waals surface area contributed by atoms with Crippen molar-refractivity contribution in [2.75, 3.05) is 0 Å². The molecule has 1 aromatic carbocycles. The standard InChI is InChI=1S/C15H24BrClN2/c1-3-5-6-11(4-2)7-15(19-18)12-8-13(16)10-14(17)9-12/h8-11,15,19H,3-7,18H2,1-2H3. The zero-order chi connectivity index (χ0) is 14.3. The molecule has 4 heteroatoms. The van der Waals surface area contributed by atoms with E-state index in [1.807, 2.05) is 12.1 Å². The molecule has 0 saturated carbocycles. The van der Waals surface area contributed by atoms with Gasteiger partial charge >= 0.3 is 0 Å². The molecule has 2 atom stereocenters. The van der Waals surface area contributed by atoms with E-state index in [0.717, 1.165) is 21.5 Å². The average Bonchev–Trinajstić information content (AvgIpc) is 2.38. The van der Waals surface area contributed by atoms with Crippen LogP contribution in [0.4, 0.5) is 0 Å². The lowest BCUT2D eigenvalue weighted by molar-refractivity contribution is 0.356. The molecule has 0 radical (unpaired) electrons. The van der Waals surface area contributed by atoms with Crippen LogP contribution in [0.1, 0.15) is 57.6 Å². The van der Waals surface area contributed by atoms with E-state index in [1.54, 1.807) is 0 Å². The zero-order valence-corrected chi connectivity index (χ0v) is 14.1. The number of nitrogens with one attached hydrogen (secondary N) is 1. The lowest BCUT2D eigenvalue weighted by Crippen LogP contribution is -2.29. The number of benzene rings is 1. The van der Waals surface area contributed by atoms with Gasteiger partial charge in [-0.1, -0.05) is 67.1 Å². The molecule has 0 aliphatic heterocycles. The van der Waals surface area contributed by atoms with Gasteiger partial charge in [0.2, 0.25) is 0 Å². The van der Waals surface area contributed by atoms with Crippen LogP contribution in [0.5, 0.6) is 0 Å². The van der Waals surface area contributed by atoms with Gasteiger partial charge < -0.3 is 0 Å². The lowest BCUT2D eigenvalue weighted by Gasteiger charge is -2.23. The largest absolute Gasteiger partial charge is 0.271 e. The van der Waals surface area contributed by atoms with E-state index >= 15 is 0 Å². The van der Waals surface area contributed by atoms with E-state index < -0.39 is 0 Å². The molecule has 0 aliphatic carbocycles. The Bertz CT molecular complexity index is 364. The SMILES string of the molecule is CCCCC(CC)CC(NN)c1cc(Cl)cc(Br)c1. The maximum atomic E-state index is 6.11. The second-order valence-electron chi connectivity index (χ2n) is 5.07. The summed E-state index contributed by atoms with van der Waals surface area (Å²) in [7, 11) is 0. The van der Waals surface area contributed by atoms with Gasteiger partial charge in [0, 0.05) is 15.5 Å². The van der Waals surface area contributed by atoms with E-state index in [2.05, 4.69) is 41.3 Å². The normalized spacial score (nSPS) is 14.4. The molecule has 0 aromatic heterocycles. The minimum absolute atomic E-state index is 0.164. The highest BCUT2D eigenvalue weighted by atomic mass is 79.9. The molecule has 0 amide bonds. The number of rotatable bonds is 8. The van der Waals surface area contributed by atoms with E-state index in [9.17, 15) is 0 Å². The third kappa shape index (κ3) is 5.82. The fourth-order valence-electron chi connectivity index (χ4n) is 2.39. The Morgan fingerprint density at radius 2 is 2.05 bits per heavy atom. The summed E-state index contributed by atoms with van der Waals surface area (Å²) in [6.07, 6.45) is 6.06. The summed E-state index contributed by atoms with van der Waals surface area (Å²) in [6, 6.07) is 6.14. The highest BCUT2D eigenvalue weighted by molar-refractivity contribution is 9.10. The molecule has 1 rings (SSSR count). The molecule has 0 heterocycles. The number of hydrogen-bond acceptors (Lipinski definition) is 2. The second-order valence-corrected chi connectivity index (χ2v) is 6.43. The van der Waals surface area contributed by atoms with Gasteiger partial charge in [-0.15, -0.1) is 0 Å². The van der Waals surface area contributed by atoms with Crippen LogP contribution in [0.2, 0.25) is 5.02 Å². The summed E-state index contributed by atoms with van der Waals surface area (Å²) in [4.78, 5) is 0. The first-order chi connectivity index (χ1) is 9.10. The number of halogens is 2. The molecule has 0 bridgehead atoms. The molecule has 3 N–H and O–H groups in total. The number of hydrazine groups is 1. The van der Waals surface area contributed by atoms with Gasteiger partial charge in [0.05, 0.1) is 0 Å². The van der Waals surface area contributed by atoms with Gasteiger partial charge in [0.15, 0.2) is 0 Å². The predicted molar refractivity (Wildman–Crippen MR) is 87.1 cm³/mol. The van der Waals surface area contributed by atoms with Crippen LogP contribution in [-0.2, 0) is 0 Å². The molecule has 0 spiro atoms. The zero-order valence-electron chi connectivity index (χ0n) is 11.8. The summed E-state index contributed by atoms with van der Waals surface area (Å²) >= 11 is 9.59. The minimum atomic E-state index is 0.164. The molecular formula is C15H24BrClN2. The van der Waals surface area contributed by atoms with Crippen molar-refractivity contribution >= 4 is 27.5 Å². The maximum absolute atomic E-state index is 6.11. The summed E-state index contributed by atoms with van der Waals surface area (Å²) < 4.78 is 0.997. The smallest absolute Gasteiger partial charge is 0.0463 e. The Labute approximate surface area is 130 Å². The highest BCUT2D eigenvalue weighted by Crippen LogP contribution is 2.29. The van der Waals surface area contributed by atoms with Crippen molar-refractivity contribution in [3.05, 3.63) is 33.3 Å². The number of unbranched alkanes of at least 4 members (excludes halogenated alkanes) is 1. The number of hydrogen-bond donors (Lipinski definition) is 2. The van der Waals surface area contributed by atoms with Crippen LogP contribution < -0.4 is 11.3 Å². The van der Waals surface area contributed by atoms with Gasteiger partial charge in [-0.3, -0.25) is 11.3 Å². The van der Waals surface area contributed by atoms with E-state index in [1.165, 1.54) is 25.7 Å². The second kappa shape index (κ2) is 8.96. The topological polar surface area (TPSA) is 38.0 Å². The predicted octanol–water partition coefficient (Wildman–Crippen LogP) is 5.21. The fraction of sp³-hybridized carbons (Fsp3) is 0.600. The molecule has 19 heavy (non-hydrogen) atoms. The van der Waals surface area contributed by atoms with Crippen molar-refractivity contribution < 1.29 is 0 Å². The van der Waals surface area contributed by atoms with Crippen LogP contribution in [0.25, 0.3) is 0 Å². The average molecular weight is 348 g/mol. The third-order valence-electron chi connectivity index (χ3n) is 3.60. The van der Waals surface area contributed by atoms with E-state index in [0.29, 0.717) is 5.92 Å². The van der Waals surface area contributed by atoms with Gasteiger partial charge in [0.1, 0.15) is 0 Å². The van der Waals surface area contributed by atoms with Crippen molar-refractivity contribution in [1.29, 1.82) is 0 Å². The van der Waals surface area contributed by atoms with Gasteiger partial charge in [-0.2, -0.15) is 0 Å². The van der Waals surface area contributed by atoms with Crippen LogP contribution in [0.3, 0.4) is 0 Å². The first-order valence-electron chi connectivity index (χ1n) is 7.02. The Balaban J connectivity index is 2.75. The molecule has 2 nitrogen and oxygen atoms in total. The Kier molecular flexibility index (Phi) is 8.00. The van der Waals surface area contributed by atoms with Crippen molar-refractivity contribution in [3.8, 4) is 0 Å². The highest BCUT2D eigenvalue weighted by Gasteiger charge is 2.16. The Hall–Kier alpha value is -0.0900. The first-order valence-corrected chi connectivity index (χ1v) is 8.19. The van der Waals surface area contributed by atoms with Gasteiger partial charge in [0.25, 0.3) is 0 Å². The van der Waals surface area contributed by atoms with Gasteiger partial charge in [-0.25, -0.2) is 0 Å². The third-order valence-corrected chi connectivity index (χ3v) is 4.28. The van der Waals surface area contributed by atoms with Crippen molar-refractivity contribution in [3.63, 3.8) is 0 Å². The molecule has 2 unspecified atom stereocenters. The van der Waals surface area contributed by atoms with Crippen LogP contribution >= 0.6 is 27.5 Å². The Morgan fingerprint density at radius 1 is 1.32 bits per heavy atom. The molecule has 0 aliphatic rings. The summed E-state index contributed by atoms with van der Waals surface area (Å²) in [5, 5.41) is 0.742. The summed E-state index contributed by atoms with van der Waals surface area (Å²) in [6.45, 7) is 4.49. The fourth-order valence-corrected chi connectivity index (χ4v) is 3.28. The Morgan fingerprint density at radius 3 is 2.58 bits per heavy atom. The molecule has 0 fully saturated rings. The lowest BCUT2D eigenvalue weighted by atomic mass is 9.89. The van der Waals surface area contributed by atoms with Crippen LogP contribution in [0.15, 0.2) is 22.7 Å². The first kappa shape index (κ1) is 17.0.